The van der Waals surface area contributed by atoms with E-state index in [0.717, 1.165) is 4.47 Å². The molecule has 8 heteroatoms. The molecule has 2 aromatic carbocycles. The van der Waals surface area contributed by atoms with E-state index in [4.69, 9.17) is 0 Å². The summed E-state index contributed by atoms with van der Waals surface area (Å²) in [6, 6.07) is 10.8. The molecular formula is C18H19BrN2O4S. The molecule has 0 radical (unpaired) electrons. The van der Waals surface area contributed by atoms with Gasteiger partial charge in [0, 0.05) is 21.3 Å². The van der Waals surface area contributed by atoms with Crippen molar-refractivity contribution in [3.05, 3.63) is 58.1 Å². The summed E-state index contributed by atoms with van der Waals surface area (Å²) in [6.07, 6.45) is 0. The summed E-state index contributed by atoms with van der Waals surface area (Å²) < 4.78 is 28.1. The number of hydrogen-bond acceptors (Lipinski definition) is 4. The Labute approximate surface area is 160 Å². The van der Waals surface area contributed by atoms with Gasteiger partial charge < -0.3 is 10.4 Å². The van der Waals surface area contributed by atoms with Crippen LogP contribution in [0, 0.1) is 0 Å². The molecule has 26 heavy (non-hydrogen) atoms. The third-order valence-corrected chi connectivity index (χ3v) is 6.24. The van der Waals surface area contributed by atoms with Crippen molar-refractivity contribution in [3.63, 3.8) is 0 Å². The minimum absolute atomic E-state index is 0.0626. The highest BCUT2D eigenvalue weighted by Gasteiger charge is 2.47. The molecule has 6 nitrogen and oxygen atoms in total. The van der Waals surface area contributed by atoms with Gasteiger partial charge in [-0.2, -0.15) is 0 Å². The normalized spacial score (nSPS) is 20.0. The van der Waals surface area contributed by atoms with Crippen molar-refractivity contribution in [2.45, 2.75) is 36.8 Å². The largest absolute Gasteiger partial charge is 0.372 e. The quantitative estimate of drug-likeness (QED) is 0.686. The van der Waals surface area contributed by atoms with Gasteiger partial charge in [-0.3, -0.25) is 4.79 Å². The van der Waals surface area contributed by atoms with Gasteiger partial charge in [0.25, 0.3) is 5.91 Å². The zero-order valence-corrected chi connectivity index (χ0v) is 16.9. The molecule has 1 amide bonds. The van der Waals surface area contributed by atoms with Gasteiger partial charge in [0.05, 0.1) is 4.90 Å². The summed E-state index contributed by atoms with van der Waals surface area (Å²) in [6.45, 7) is 5.25. The van der Waals surface area contributed by atoms with Crippen LogP contribution < -0.4 is 10.0 Å². The van der Waals surface area contributed by atoms with Crippen molar-refractivity contribution in [1.82, 2.24) is 4.72 Å². The lowest BCUT2D eigenvalue weighted by atomic mass is 9.88. The molecule has 0 aliphatic carbocycles. The molecule has 1 unspecified atom stereocenters. The lowest BCUT2D eigenvalue weighted by Gasteiger charge is -2.23. The highest BCUT2D eigenvalue weighted by Crippen LogP contribution is 2.42. The van der Waals surface area contributed by atoms with Gasteiger partial charge in [0.15, 0.2) is 5.60 Å². The first-order valence-corrected chi connectivity index (χ1v) is 10.2. The van der Waals surface area contributed by atoms with E-state index in [-0.39, 0.29) is 4.90 Å². The molecule has 0 bridgehead atoms. The molecule has 3 N–H and O–H groups in total. The molecule has 138 valence electrons. The molecule has 0 spiro atoms. The lowest BCUT2D eigenvalue weighted by Crippen LogP contribution is -2.40. The fourth-order valence-electron chi connectivity index (χ4n) is 2.88. The molecule has 1 atom stereocenters. The second kappa shape index (κ2) is 6.16. The van der Waals surface area contributed by atoms with E-state index >= 15 is 0 Å². The van der Waals surface area contributed by atoms with Crippen LogP contribution in [0.15, 0.2) is 51.8 Å². The molecule has 0 aromatic heterocycles. The first-order chi connectivity index (χ1) is 11.9. The predicted molar refractivity (Wildman–Crippen MR) is 102 cm³/mol. The number of nitrogens with one attached hydrogen (secondary N) is 2. The van der Waals surface area contributed by atoms with Crippen LogP contribution in [0.3, 0.4) is 0 Å². The number of sulfonamides is 1. The number of fused-ring (bicyclic) bond motifs is 1. The number of halogens is 1. The number of amides is 1. The van der Waals surface area contributed by atoms with Crippen LogP contribution in [0.1, 0.15) is 31.9 Å². The van der Waals surface area contributed by atoms with Gasteiger partial charge in [0.1, 0.15) is 0 Å². The second-order valence-electron chi connectivity index (χ2n) is 7.23. The van der Waals surface area contributed by atoms with E-state index in [1.165, 1.54) is 24.3 Å². The molecule has 2 aromatic rings. The fraction of sp³-hybridized carbons (Fsp3) is 0.278. The van der Waals surface area contributed by atoms with E-state index in [1.807, 2.05) is 0 Å². The summed E-state index contributed by atoms with van der Waals surface area (Å²) in [5, 5.41) is 13.7. The van der Waals surface area contributed by atoms with Crippen LogP contribution in [0.4, 0.5) is 5.69 Å². The summed E-state index contributed by atoms with van der Waals surface area (Å²) in [4.78, 5) is 12.5. The van der Waals surface area contributed by atoms with E-state index in [0.29, 0.717) is 16.8 Å². The Balaban J connectivity index is 2.02. The molecule has 0 fully saturated rings. The van der Waals surface area contributed by atoms with Crippen molar-refractivity contribution in [3.8, 4) is 0 Å². The number of benzene rings is 2. The highest BCUT2D eigenvalue weighted by atomic mass is 79.9. The molecule has 1 heterocycles. The Bertz CT molecular complexity index is 981. The Morgan fingerprint density at radius 2 is 1.73 bits per heavy atom. The van der Waals surface area contributed by atoms with Crippen LogP contribution in [0.25, 0.3) is 0 Å². The fourth-order valence-corrected chi connectivity index (χ4v) is 4.66. The zero-order chi connectivity index (χ0) is 19.3. The summed E-state index contributed by atoms with van der Waals surface area (Å²) in [5.41, 5.74) is -1.26. The Morgan fingerprint density at radius 3 is 2.31 bits per heavy atom. The van der Waals surface area contributed by atoms with E-state index in [9.17, 15) is 18.3 Å². The summed E-state index contributed by atoms with van der Waals surface area (Å²) in [5.74, 6) is -0.575. The molecule has 0 saturated carbocycles. The Hall–Kier alpha value is -1.74. The van der Waals surface area contributed by atoms with Gasteiger partial charge in [-0.05, 0) is 56.7 Å². The van der Waals surface area contributed by atoms with Gasteiger partial charge in [-0.25, -0.2) is 13.1 Å². The second-order valence-corrected chi connectivity index (χ2v) is 9.83. The topological polar surface area (TPSA) is 95.5 Å². The summed E-state index contributed by atoms with van der Waals surface area (Å²) in [7, 11) is -3.70. The molecule has 1 aliphatic rings. The average molecular weight is 439 g/mol. The third-order valence-electron chi connectivity index (χ3n) is 3.97. The van der Waals surface area contributed by atoms with Crippen LogP contribution in [-0.2, 0) is 20.4 Å². The zero-order valence-electron chi connectivity index (χ0n) is 14.5. The third kappa shape index (κ3) is 3.29. The van der Waals surface area contributed by atoms with Crippen LogP contribution in [-0.4, -0.2) is 25.0 Å². The standard InChI is InChI=1S/C18H19BrN2O4S/c1-17(2,3)21-26(24,25)13-7-4-11(5-8-13)18(23)14-10-12(19)6-9-15(14)20-16(18)22/h4-10,21,23H,1-3H3,(H,20,22). The van der Waals surface area contributed by atoms with Crippen molar-refractivity contribution >= 4 is 37.5 Å². The van der Waals surface area contributed by atoms with Gasteiger partial charge >= 0.3 is 0 Å². The van der Waals surface area contributed by atoms with Crippen molar-refractivity contribution in [1.29, 1.82) is 0 Å². The first-order valence-electron chi connectivity index (χ1n) is 7.92. The maximum Gasteiger partial charge on any atom is 0.265 e. The molecule has 3 rings (SSSR count). The SMILES string of the molecule is CC(C)(C)NS(=O)(=O)c1ccc(C2(O)C(=O)Nc3ccc(Br)cc32)cc1. The average Bonchev–Trinajstić information content (AvgIpc) is 2.78. The number of rotatable bonds is 3. The number of anilines is 1. The number of carbonyl (C=O) groups is 1. The van der Waals surface area contributed by atoms with Gasteiger partial charge in [-0.1, -0.05) is 28.1 Å². The molecule has 1 aliphatic heterocycles. The van der Waals surface area contributed by atoms with E-state index in [1.54, 1.807) is 39.0 Å². The monoisotopic (exact) mass is 438 g/mol. The Kier molecular flexibility index (Phi) is 4.51. The smallest absolute Gasteiger partial charge is 0.265 e. The maximum absolute atomic E-state index is 12.4. The van der Waals surface area contributed by atoms with Crippen LogP contribution in [0.5, 0.6) is 0 Å². The number of aliphatic hydroxyl groups is 1. The highest BCUT2D eigenvalue weighted by molar-refractivity contribution is 9.10. The maximum atomic E-state index is 12.4. The molecule has 0 saturated heterocycles. The van der Waals surface area contributed by atoms with Crippen LogP contribution >= 0.6 is 15.9 Å². The van der Waals surface area contributed by atoms with E-state index in [2.05, 4.69) is 26.0 Å². The van der Waals surface area contributed by atoms with Gasteiger partial charge in [0.2, 0.25) is 10.0 Å². The predicted octanol–water partition coefficient (Wildman–Crippen LogP) is 2.71. The Morgan fingerprint density at radius 1 is 1.12 bits per heavy atom. The van der Waals surface area contributed by atoms with Crippen molar-refractivity contribution < 1.29 is 18.3 Å². The van der Waals surface area contributed by atoms with Gasteiger partial charge in [-0.15, -0.1) is 0 Å². The number of hydrogen-bond donors (Lipinski definition) is 3. The van der Waals surface area contributed by atoms with Crippen LogP contribution in [0.2, 0.25) is 0 Å². The van der Waals surface area contributed by atoms with E-state index < -0.39 is 27.1 Å². The number of carbonyl (C=O) groups excluding carboxylic acids is 1. The van der Waals surface area contributed by atoms with Crippen molar-refractivity contribution in [2.24, 2.45) is 0 Å². The van der Waals surface area contributed by atoms with Crippen molar-refractivity contribution in [2.75, 3.05) is 5.32 Å². The minimum Gasteiger partial charge on any atom is -0.372 e. The first kappa shape index (κ1) is 19.0. The summed E-state index contributed by atoms with van der Waals surface area (Å²) >= 11 is 3.34. The lowest BCUT2D eigenvalue weighted by molar-refractivity contribution is -0.129. The minimum atomic E-state index is -3.70. The molecular weight excluding hydrogens is 420 g/mol.